The van der Waals surface area contributed by atoms with Gasteiger partial charge in [-0.25, -0.2) is 0 Å². The zero-order chi connectivity index (χ0) is 11.4. The zero-order valence-corrected chi connectivity index (χ0v) is 9.52. The first kappa shape index (κ1) is 10.9. The second-order valence-corrected chi connectivity index (χ2v) is 3.76. The van der Waals surface area contributed by atoms with Gasteiger partial charge in [-0.3, -0.25) is 0 Å². The quantitative estimate of drug-likeness (QED) is 0.818. The van der Waals surface area contributed by atoms with Crippen LogP contribution in [0.5, 0.6) is 6.01 Å². The van der Waals surface area contributed by atoms with Crippen LogP contribution < -0.4 is 15.4 Å². The predicted molar refractivity (Wildman–Crippen MR) is 61.5 cm³/mol. The normalized spacial score (nSPS) is 16.2. The molecule has 16 heavy (non-hydrogen) atoms. The summed E-state index contributed by atoms with van der Waals surface area (Å²) in [5.41, 5.74) is 5.63. The molecule has 0 atom stereocenters. The standard InChI is InChI=1S/C10H17N5O/c1-2-16-10-13-8(11)12-9(14-10)15-6-4-3-5-7-15/h2-7H2,1H3,(H2,11,12,13,14). The zero-order valence-electron chi connectivity index (χ0n) is 9.52. The molecule has 1 fully saturated rings. The Hall–Kier alpha value is -1.59. The highest BCUT2D eigenvalue weighted by molar-refractivity contribution is 5.36. The largest absolute Gasteiger partial charge is 0.464 e. The van der Waals surface area contributed by atoms with Crippen molar-refractivity contribution in [1.82, 2.24) is 15.0 Å². The first-order valence-corrected chi connectivity index (χ1v) is 5.69. The van der Waals surface area contributed by atoms with Gasteiger partial charge in [-0.05, 0) is 26.2 Å². The summed E-state index contributed by atoms with van der Waals surface area (Å²) in [6.07, 6.45) is 3.63. The first-order chi connectivity index (χ1) is 7.79. The molecule has 2 heterocycles. The van der Waals surface area contributed by atoms with Gasteiger partial charge in [0.2, 0.25) is 11.9 Å². The molecule has 0 aliphatic carbocycles. The molecule has 88 valence electrons. The molecule has 6 heteroatoms. The molecule has 6 nitrogen and oxygen atoms in total. The van der Waals surface area contributed by atoms with Crippen LogP contribution in [0.2, 0.25) is 0 Å². The topological polar surface area (TPSA) is 77.2 Å². The van der Waals surface area contributed by atoms with E-state index in [1.807, 2.05) is 6.92 Å². The van der Waals surface area contributed by atoms with Crippen molar-refractivity contribution in [3.05, 3.63) is 0 Å². The summed E-state index contributed by atoms with van der Waals surface area (Å²) in [6, 6.07) is 0.315. The number of nitrogens with two attached hydrogens (primary N) is 1. The molecule has 0 saturated carbocycles. The highest BCUT2D eigenvalue weighted by Gasteiger charge is 2.15. The minimum Gasteiger partial charge on any atom is -0.464 e. The van der Waals surface area contributed by atoms with Crippen molar-refractivity contribution in [2.24, 2.45) is 0 Å². The number of hydrogen-bond donors (Lipinski definition) is 1. The maximum absolute atomic E-state index is 5.63. The summed E-state index contributed by atoms with van der Waals surface area (Å²) >= 11 is 0. The van der Waals surface area contributed by atoms with Crippen LogP contribution in [0.4, 0.5) is 11.9 Å². The van der Waals surface area contributed by atoms with Crippen molar-refractivity contribution in [2.45, 2.75) is 26.2 Å². The van der Waals surface area contributed by atoms with E-state index in [9.17, 15) is 0 Å². The molecule has 1 aliphatic rings. The predicted octanol–water partition coefficient (Wildman–Crippen LogP) is 0.843. The minimum absolute atomic E-state index is 0.221. The summed E-state index contributed by atoms with van der Waals surface area (Å²) < 4.78 is 5.25. The van der Waals surface area contributed by atoms with Gasteiger partial charge >= 0.3 is 6.01 Å². The lowest BCUT2D eigenvalue weighted by Crippen LogP contribution is -2.31. The number of anilines is 2. The maximum atomic E-state index is 5.63. The summed E-state index contributed by atoms with van der Waals surface area (Å²) in [5.74, 6) is 0.856. The number of rotatable bonds is 3. The third-order valence-corrected chi connectivity index (χ3v) is 2.53. The Morgan fingerprint density at radius 3 is 2.62 bits per heavy atom. The molecule has 0 radical (unpaired) electrons. The van der Waals surface area contributed by atoms with Crippen LogP contribution in [0.25, 0.3) is 0 Å². The molecule has 0 bridgehead atoms. The van der Waals surface area contributed by atoms with Gasteiger partial charge < -0.3 is 15.4 Å². The number of piperidine rings is 1. The Balaban J connectivity index is 2.18. The lowest BCUT2D eigenvalue weighted by atomic mass is 10.1. The number of aromatic nitrogens is 3. The maximum Gasteiger partial charge on any atom is 0.323 e. The first-order valence-electron chi connectivity index (χ1n) is 5.69. The molecule has 0 spiro atoms. The summed E-state index contributed by atoms with van der Waals surface area (Å²) in [5, 5.41) is 0. The highest BCUT2D eigenvalue weighted by atomic mass is 16.5. The third-order valence-electron chi connectivity index (χ3n) is 2.53. The molecule has 0 aromatic carbocycles. The third kappa shape index (κ3) is 2.50. The van der Waals surface area contributed by atoms with Crippen LogP contribution in [-0.2, 0) is 0 Å². The lowest BCUT2D eigenvalue weighted by molar-refractivity contribution is 0.312. The molecular formula is C10H17N5O. The van der Waals surface area contributed by atoms with Crippen molar-refractivity contribution in [3.8, 4) is 6.01 Å². The molecule has 1 saturated heterocycles. The van der Waals surface area contributed by atoms with Crippen LogP contribution in [0.3, 0.4) is 0 Å². The molecule has 1 aliphatic heterocycles. The number of ether oxygens (including phenoxy) is 1. The van der Waals surface area contributed by atoms with E-state index in [-0.39, 0.29) is 5.95 Å². The van der Waals surface area contributed by atoms with E-state index >= 15 is 0 Å². The number of nitrogen functional groups attached to an aromatic ring is 1. The smallest absolute Gasteiger partial charge is 0.323 e. The van der Waals surface area contributed by atoms with Gasteiger partial charge in [0.25, 0.3) is 0 Å². The fourth-order valence-corrected chi connectivity index (χ4v) is 1.79. The van der Waals surface area contributed by atoms with Crippen molar-refractivity contribution >= 4 is 11.9 Å². The van der Waals surface area contributed by atoms with E-state index in [1.54, 1.807) is 0 Å². The Morgan fingerprint density at radius 1 is 1.19 bits per heavy atom. The van der Waals surface area contributed by atoms with Gasteiger partial charge in [-0.2, -0.15) is 15.0 Å². The van der Waals surface area contributed by atoms with Crippen molar-refractivity contribution < 1.29 is 4.74 Å². The molecule has 2 rings (SSSR count). The van der Waals surface area contributed by atoms with Crippen LogP contribution in [-0.4, -0.2) is 34.6 Å². The van der Waals surface area contributed by atoms with Crippen molar-refractivity contribution in [3.63, 3.8) is 0 Å². The molecule has 1 aromatic rings. The van der Waals surface area contributed by atoms with Crippen LogP contribution in [0.1, 0.15) is 26.2 Å². The summed E-state index contributed by atoms with van der Waals surface area (Å²) in [4.78, 5) is 14.4. The summed E-state index contributed by atoms with van der Waals surface area (Å²) in [6.45, 7) is 4.38. The number of hydrogen-bond acceptors (Lipinski definition) is 6. The van der Waals surface area contributed by atoms with Gasteiger partial charge in [0.15, 0.2) is 0 Å². The lowest BCUT2D eigenvalue weighted by Gasteiger charge is -2.26. The number of nitrogens with zero attached hydrogens (tertiary/aromatic N) is 4. The van der Waals surface area contributed by atoms with Gasteiger partial charge in [0, 0.05) is 13.1 Å². The van der Waals surface area contributed by atoms with E-state index in [2.05, 4.69) is 19.9 Å². The minimum atomic E-state index is 0.221. The van der Waals surface area contributed by atoms with Crippen LogP contribution >= 0.6 is 0 Å². The van der Waals surface area contributed by atoms with Crippen molar-refractivity contribution in [1.29, 1.82) is 0 Å². The fraction of sp³-hybridized carbons (Fsp3) is 0.700. The summed E-state index contributed by atoms with van der Waals surface area (Å²) in [7, 11) is 0. The van der Waals surface area contributed by atoms with Crippen LogP contribution in [0.15, 0.2) is 0 Å². The highest BCUT2D eigenvalue weighted by Crippen LogP contribution is 2.18. The van der Waals surface area contributed by atoms with E-state index in [4.69, 9.17) is 10.5 Å². The Kier molecular flexibility index (Phi) is 3.38. The van der Waals surface area contributed by atoms with Crippen LogP contribution in [0, 0.1) is 0 Å². The SMILES string of the molecule is CCOc1nc(N)nc(N2CCCCC2)n1. The van der Waals surface area contributed by atoms with E-state index in [1.165, 1.54) is 19.3 Å². The molecule has 0 amide bonds. The molecule has 1 aromatic heterocycles. The Morgan fingerprint density at radius 2 is 1.94 bits per heavy atom. The van der Waals surface area contributed by atoms with Gasteiger partial charge in [-0.1, -0.05) is 0 Å². The molecule has 0 unspecified atom stereocenters. The molecule has 2 N–H and O–H groups in total. The van der Waals surface area contributed by atoms with E-state index in [0.717, 1.165) is 13.1 Å². The van der Waals surface area contributed by atoms with Gasteiger partial charge in [-0.15, -0.1) is 0 Å². The average Bonchev–Trinajstić information content (AvgIpc) is 2.30. The second kappa shape index (κ2) is 4.96. The Labute approximate surface area is 94.9 Å². The van der Waals surface area contributed by atoms with Gasteiger partial charge in [0.1, 0.15) is 0 Å². The molecular weight excluding hydrogens is 206 g/mol. The second-order valence-electron chi connectivity index (χ2n) is 3.76. The Bertz CT molecular complexity index is 351. The fourth-order valence-electron chi connectivity index (χ4n) is 1.79. The monoisotopic (exact) mass is 223 g/mol. The average molecular weight is 223 g/mol. The van der Waals surface area contributed by atoms with E-state index < -0.39 is 0 Å². The van der Waals surface area contributed by atoms with Crippen molar-refractivity contribution in [2.75, 3.05) is 30.3 Å². The van der Waals surface area contributed by atoms with Gasteiger partial charge in [0.05, 0.1) is 6.61 Å². The van der Waals surface area contributed by atoms with E-state index in [0.29, 0.717) is 18.6 Å².